The molecule has 0 aliphatic heterocycles. The van der Waals surface area contributed by atoms with Crippen LogP contribution in [-0.2, 0) is 4.79 Å². The van der Waals surface area contributed by atoms with E-state index in [1.54, 1.807) is 0 Å². The lowest BCUT2D eigenvalue weighted by molar-refractivity contribution is -0.114. The summed E-state index contributed by atoms with van der Waals surface area (Å²) in [5, 5.41) is 6.06. The Morgan fingerprint density at radius 1 is 1.29 bits per heavy atom. The molecule has 0 saturated carbocycles. The first-order valence-electron chi connectivity index (χ1n) is 5.93. The van der Waals surface area contributed by atoms with Gasteiger partial charge in [-0.25, -0.2) is 0 Å². The number of hydrogen-bond donors (Lipinski definition) is 2. The van der Waals surface area contributed by atoms with Crippen LogP contribution in [0.5, 0.6) is 0 Å². The van der Waals surface area contributed by atoms with Gasteiger partial charge in [-0.1, -0.05) is 6.92 Å². The zero-order chi connectivity index (χ0) is 12.5. The Hall–Kier alpha value is -1.00. The van der Waals surface area contributed by atoms with Gasteiger partial charge >= 0.3 is 0 Å². The second kappa shape index (κ2) is 8.14. The Labute approximate surface area is 107 Å². The third-order valence-corrected chi connectivity index (χ3v) is 3.29. The molecule has 0 aromatic heterocycles. The van der Waals surface area contributed by atoms with Gasteiger partial charge in [0.2, 0.25) is 5.91 Å². The molecule has 94 valence electrons. The van der Waals surface area contributed by atoms with Crippen LogP contribution in [0.2, 0.25) is 0 Å². The molecular weight excluding hydrogens is 232 g/mol. The van der Waals surface area contributed by atoms with Crippen molar-refractivity contribution in [1.82, 2.24) is 5.32 Å². The third-order valence-electron chi connectivity index (χ3n) is 2.19. The zero-order valence-electron chi connectivity index (χ0n) is 10.5. The topological polar surface area (TPSA) is 41.1 Å². The predicted molar refractivity (Wildman–Crippen MR) is 74.6 cm³/mol. The first-order chi connectivity index (χ1) is 8.22. The second-order valence-electron chi connectivity index (χ2n) is 3.76. The lowest BCUT2D eigenvalue weighted by Gasteiger charge is -2.05. The average molecular weight is 252 g/mol. The molecule has 1 amide bonds. The van der Waals surface area contributed by atoms with E-state index >= 15 is 0 Å². The Morgan fingerprint density at radius 2 is 2.00 bits per heavy atom. The van der Waals surface area contributed by atoms with Gasteiger partial charge in [0, 0.05) is 17.5 Å². The molecule has 0 spiro atoms. The molecule has 0 radical (unpaired) electrons. The van der Waals surface area contributed by atoms with Crippen LogP contribution in [0.15, 0.2) is 29.2 Å². The highest BCUT2D eigenvalue weighted by atomic mass is 32.2. The van der Waals surface area contributed by atoms with Crippen molar-refractivity contribution in [1.29, 1.82) is 0 Å². The zero-order valence-corrected chi connectivity index (χ0v) is 11.3. The van der Waals surface area contributed by atoms with Crippen LogP contribution in [0.3, 0.4) is 0 Å². The highest BCUT2D eigenvalue weighted by Gasteiger charge is 1.97. The first kappa shape index (κ1) is 14.1. The summed E-state index contributed by atoms with van der Waals surface area (Å²) in [6.07, 6.45) is 1.17. The Bertz CT molecular complexity index is 338. The van der Waals surface area contributed by atoms with Gasteiger partial charge in [0.05, 0.1) is 0 Å². The van der Waals surface area contributed by atoms with E-state index in [0.29, 0.717) is 0 Å². The Kier molecular flexibility index (Phi) is 6.74. The fraction of sp³-hybridized carbons (Fsp3) is 0.462. The number of carbonyl (C=O) groups is 1. The molecule has 17 heavy (non-hydrogen) atoms. The van der Waals surface area contributed by atoms with Crippen molar-refractivity contribution in [3.05, 3.63) is 24.3 Å². The minimum Gasteiger partial charge on any atom is -0.326 e. The molecule has 0 aliphatic rings. The third kappa shape index (κ3) is 6.34. The normalized spacial score (nSPS) is 10.2. The van der Waals surface area contributed by atoms with E-state index in [2.05, 4.69) is 17.6 Å². The summed E-state index contributed by atoms with van der Waals surface area (Å²) >= 11 is 1.85. The fourth-order valence-electron chi connectivity index (χ4n) is 1.40. The van der Waals surface area contributed by atoms with Crippen LogP contribution in [0.25, 0.3) is 0 Å². The highest BCUT2D eigenvalue weighted by Crippen LogP contribution is 2.20. The van der Waals surface area contributed by atoms with E-state index < -0.39 is 0 Å². The highest BCUT2D eigenvalue weighted by molar-refractivity contribution is 7.99. The van der Waals surface area contributed by atoms with Crippen molar-refractivity contribution in [2.24, 2.45) is 0 Å². The quantitative estimate of drug-likeness (QED) is 0.579. The smallest absolute Gasteiger partial charge is 0.221 e. The molecular formula is C13H20N2OS. The first-order valence-corrected chi connectivity index (χ1v) is 6.92. The minimum atomic E-state index is -0.0314. The minimum absolute atomic E-state index is 0.0314. The molecule has 0 atom stereocenters. The number of hydrogen-bond acceptors (Lipinski definition) is 3. The maximum absolute atomic E-state index is 10.8. The summed E-state index contributed by atoms with van der Waals surface area (Å²) in [6, 6.07) is 7.97. The second-order valence-corrected chi connectivity index (χ2v) is 4.93. The molecule has 0 fully saturated rings. The van der Waals surface area contributed by atoms with Crippen molar-refractivity contribution >= 4 is 23.4 Å². The molecule has 3 nitrogen and oxygen atoms in total. The van der Waals surface area contributed by atoms with Crippen LogP contribution < -0.4 is 10.6 Å². The molecule has 1 rings (SSSR count). The maximum atomic E-state index is 10.8. The molecule has 1 aromatic carbocycles. The average Bonchev–Trinajstić information content (AvgIpc) is 2.30. The van der Waals surface area contributed by atoms with E-state index in [9.17, 15) is 4.79 Å². The van der Waals surface area contributed by atoms with Crippen LogP contribution >= 0.6 is 11.8 Å². The number of thioether (sulfide) groups is 1. The molecule has 0 bridgehead atoms. The summed E-state index contributed by atoms with van der Waals surface area (Å²) in [7, 11) is 0. The van der Waals surface area contributed by atoms with E-state index in [4.69, 9.17) is 0 Å². The lowest BCUT2D eigenvalue weighted by atomic mass is 10.3. The van der Waals surface area contributed by atoms with Crippen molar-refractivity contribution < 1.29 is 4.79 Å². The van der Waals surface area contributed by atoms with Crippen molar-refractivity contribution in [2.75, 3.05) is 24.2 Å². The summed E-state index contributed by atoms with van der Waals surface area (Å²) in [5.74, 6) is 1.09. The largest absolute Gasteiger partial charge is 0.326 e. The number of benzene rings is 1. The number of anilines is 1. The Balaban J connectivity index is 2.28. The van der Waals surface area contributed by atoms with E-state index in [-0.39, 0.29) is 5.91 Å². The van der Waals surface area contributed by atoms with Gasteiger partial charge in [0.15, 0.2) is 0 Å². The molecule has 0 saturated heterocycles. The molecule has 0 heterocycles. The van der Waals surface area contributed by atoms with Crippen molar-refractivity contribution in [2.45, 2.75) is 25.2 Å². The monoisotopic (exact) mass is 252 g/mol. The van der Waals surface area contributed by atoms with Gasteiger partial charge in [0.1, 0.15) is 0 Å². The summed E-state index contributed by atoms with van der Waals surface area (Å²) in [4.78, 5) is 12.1. The maximum Gasteiger partial charge on any atom is 0.221 e. The molecule has 0 aliphatic carbocycles. The van der Waals surface area contributed by atoms with Gasteiger partial charge in [-0.2, -0.15) is 0 Å². The number of amides is 1. The number of nitrogens with one attached hydrogen (secondary N) is 2. The van der Waals surface area contributed by atoms with Crippen molar-refractivity contribution in [3.8, 4) is 0 Å². The van der Waals surface area contributed by atoms with Crippen LogP contribution in [0.1, 0.15) is 20.3 Å². The van der Waals surface area contributed by atoms with Gasteiger partial charge < -0.3 is 10.6 Å². The van der Waals surface area contributed by atoms with Crippen LogP contribution in [-0.4, -0.2) is 24.7 Å². The van der Waals surface area contributed by atoms with Gasteiger partial charge in [-0.05, 0) is 49.5 Å². The van der Waals surface area contributed by atoms with Crippen LogP contribution in [0.4, 0.5) is 5.69 Å². The van der Waals surface area contributed by atoms with E-state index in [0.717, 1.165) is 24.5 Å². The molecule has 2 N–H and O–H groups in total. The van der Waals surface area contributed by atoms with Crippen LogP contribution in [0, 0.1) is 0 Å². The number of carbonyl (C=O) groups excluding carboxylic acids is 1. The molecule has 1 aromatic rings. The lowest BCUT2D eigenvalue weighted by Crippen LogP contribution is -2.14. The fourth-order valence-corrected chi connectivity index (χ4v) is 2.25. The summed E-state index contributed by atoms with van der Waals surface area (Å²) in [5.41, 5.74) is 0.856. The van der Waals surface area contributed by atoms with Gasteiger partial charge in [0.25, 0.3) is 0 Å². The molecule has 0 unspecified atom stereocenters. The summed E-state index contributed by atoms with van der Waals surface area (Å²) < 4.78 is 0. The van der Waals surface area contributed by atoms with E-state index in [1.807, 2.05) is 36.0 Å². The Morgan fingerprint density at radius 3 is 2.59 bits per heavy atom. The van der Waals surface area contributed by atoms with Gasteiger partial charge in [-0.3, -0.25) is 4.79 Å². The SMILES string of the molecule is CCNCCCSc1ccc(NC(C)=O)cc1. The van der Waals surface area contributed by atoms with Gasteiger partial charge in [-0.15, -0.1) is 11.8 Å². The predicted octanol–water partition coefficient (Wildman–Crippen LogP) is 2.74. The molecule has 4 heteroatoms. The standard InChI is InChI=1S/C13H20N2OS/c1-3-14-9-4-10-17-13-7-5-12(6-8-13)15-11(2)16/h5-8,14H,3-4,9-10H2,1-2H3,(H,15,16). The summed E-state index contributed by atoms with van der Waals surface area (Å²) in [6.45, 7) is 5.75. The van der Waals surface area contributed by atoms with E-state index in [1.165, 1.54) is 18.2 Å². The number of rotatable bonds is 7. The van der Waals surface area contributed by atoms with Crippen molar-refractivity contribution in [3.63, 3.8) is 0 Å².